The van der Waals surface area contributed by atoms with Crippen LogP contribution in [0.15, 0.2) is 36.7 Å². The van der Waals surface area contributed by atoms with Crippen LogP contribution < -0.4 is 5.32 Å². The summed E-state index contributed by atoms with van der Waals surface area (Å²) in [7, 11) is 1.64. The van der Waals surface area contributed by atoms with E-state index in [1.54, 1.807) is 7.05 Å². The molecule has 3 rings (SSSR count). The summed E-state index contributed by atoms with van der Waals surface area (Å²) in [6, 6.07) is 1.63. The number of carbonyl (C=O) groups excluding carboxylic acids is 2. The number of aromatic nitrogens is 2. The van der Waals surface area contributed by atoms with E-state index < -0.39 is 23.4 Å². The summed E-state index contributed by atoms with van der Waals surface area (Å²) in [6.45, 7) is 0.830. The first kappa shape index (κ1) is 16.8. The monoisotopic (exact) mass is 346 g/mol. The van der Waals surface area contributed by atoms with Crippen molar-refractivity contribution in [2.75, 3.05) is 18.4 Å². The molecule has 2 heterocycles. The van der Waals surface area contributed by atoms with Crippen LogP contribution >= 0.6 is 0 Å². The lowest BCUT2D eigenvalue weighted by molar-refractivity contribution is 0.0766. The van der Waals surface area contributed by atoms with Gasteiger partial charge in [-0.05, 0) is 12.5 Å². The molecule has 1 aliphatic rings. The van der Waals surface area contributed by atoms with E-state index in [0.29, 0.717) is 25.6 Å². The van der Waals surface area contributed by atoms with E-state index in [1.807, 2.05) is 12.2 Å². The minimum absolute atomic E-state index is 0.222. The quantitative estimate of drug-likeness (QED) is 0.868. The lowest BCUT2D eigenvalue weighted by atomic mass is 10.1. The van der Waals surface area contributed by atoms with Crippen molar-refractivity contribution in [1.29, 1.82) is 0 Å². The van der Waals surface area contributed by atoms with Gasteiger partial charge in [-0.1, -0.05) is 12.2 Å². The summed E-state index contributed by atoms with van der Waals surface area (Å²) in [5.41, 5.74) is -0.315. The lowest BCUT2D eigenvalue weighted by Gasteiger charge is -2.23. The first-order valence-electron chi connectivity index (χ1n) is 7.69. The van der Waals surface area contributed by atoms with Crippen LogP contribution in [0.5, 0.6) is 0 Å². The SMILES string of the molecule is Cn1cc(C(=O)Nc2cc(C(=O)N3CC=CCC3)c(F)cc2F)cn1. The smallest absolute Gasteiger partial charge is 0.258 e. The second-order valence-corrected chi connectivity index (χ2v) is 5.68. The minimum Gasteiger partial charge on any atom is -0.335 e. The zero-order valence-corrected chi connectivity index (χ0v) is 13.5. The molecule has 6 nitrogen and oxygen atoms in total. The van der Waals surface area contributed by atoms with Gasteiger partial charge in [0.15, 0.2) is 0 Å². The Kier molecular flexibility index (Phi) is 4.60. The van der Waals surface area contributed by atoms with Crippen LogP contribution in [0.25, 0.3) is 0 Å². The number of nitrogens with zero attached hydrogens (tertiary/aromatic N) is 3. The maximum atomic E-state index is 14.1. The van der Waals surface area contributed by atoms with Crippen molar-refractivity contribution in [3.63, 3.8) is 0 Å². The first-order valence-corrected chi connectivity index (χ1v) is 7.69. The summed E-state index contributed by atoms with van der Waals surface area (Å²) >= 11 is 0. The van der Waals surface area contributed by atoms with Crippen molar-refractivity contribution >= 4 is 17.5 Å². The molecule has 2 amide bonds. The van der Waals surface area contributed by atoms with Gasteiger partial charge in [0.2, 0.25) is 0 Å². The molecular formula is C17H16F2N4O2. The van der Waals surface area contributed by atoms with E-state index in [2.05, 4.69) is 10.4 Å². The van der Waals surface area contributed by atoms with Gasteiger partial charge >= 0.3 is 0 Å². The molecule has 0 saturated heterocycles. The molecule has 0 spiro atoms. The van der Waals surface area contributed by atoms with Crippen LogP contribution in [0.2, 0.25) is 0 Å². The Balaban J connectivity index is 1.86. The Hall–Kier alpha value is -3.03. The summed E-state index contributed by atoms with van der Waals surface area (Å²) in [6.07, 6.45) is 7.21. The molecule has 0 saturated carbocycles. The van der Waals surface area contributed by atoms with E-state index in [0.717, 1.165) is 6.07 Å². The van der Waals surface area contributed by atoms with Gasteiger partial charge in [0.1, 0.15) is 11.6 Å². The molecule has 1 aromatic carbocycles. The molecule has 130 valence electrons. The largest absolute Gasteiger partial charge is 0.335 e. The normalized spacial score (nSPS) is 13.8. The average molecular weight is 346 g/mol. The fourth-order valence-electron chi connectivity index (χ4n) is 2.54. The van der Waals surface area contributed by atoms with Crippen LogP contribution in [-0.4, -0.2) is 39.6 Å². The number of amides is 2. The van der Waals surface area contributed by atoms with Crippen LogP contribution in [0, 0.1) is 11.6 Å². The fourth-order valence-corrected chi connectivity index (χ4v) is 2.54. The van der Waals surface area contributed by atoms with Gasteiger partial charge in [-0.2, -0.15) is 5.10 Å². The number of nitrogens with one attached hydrogen (secondary N) is 1. The number of aryl methyl sites for hydroxylation is 1. The Morgan fingerprint density at radius 2 is 2.00 bits per heavy atom. The van der Waals surface area contributed by atoms with Crippen molar-refractivity contribution in [1.82, 2.24) is 14.7 Å². The fraction of sp³-hybridized carbons (Fsp3) is 0.235. The van der Waals surface area contributed by atoms with Gasteiger partial charge in [0, 0.05) is 32.4 Å². The third-order valence-electron chi connectivity index (χ3n) is 3.85. The van der Waals surface area contributed by atoms with Crippen molar-refractivity contribution in [3.05, 3.63) is 59.4 Å². The number of carbonyl (C=O) groups is 2. The van der Waals surface area contributed by atoms with E-state index in [-0.39, 0.29) is 16.8 Å². The van der Waals surface area contributed by atoms with Crippen LogP contribution in [0.3, 0.4) is 0 Å². The van der Waals surface area contributed by atoms with Crippen molar-refractivity contribution in [3.8, 4) is 0 Å². The van der Waals surface area contributed by atoms with Crippen LogP contribution in [0.4, 0.5) is 14.5 Å². The summed E-state index contributed by atoms with van der Waals surface area (Å²) in [4.78, 5) is 26.0. The van der Waals surface area contributed by atoms with Crippen molar-refractivity contribution < 1.29 is 18.4 Å². The van der Waals surface area contributed by atoms with E-state index in [1.165, 1.54) is 22.0 Å². The highest BCUT2D eigenvalue weighted by Crippen LogP contribution is 2.22. The molecule has 0 unspecified atom stereocenters. The number of rotatable bonds is 3. The van der Waals surface area contributed by atoms with Crippen LogP contribution in [-0.2, 0) is 7.05 Å². The molecule has 0 bridgehead atoms. The number of benzene rings is 1. The van der Waals surface area contributed by atoms with E-state index in [4.69, 9.17) is 0 Å². The molecule has 0 fully saturated rings. The standard InChI is InChI=1S/C17H16F2N4O2/c1-22-10-11(9-20-22)16(24)21-15-7-12(13(18)8-14(15)19)17(25)23-5-3-2-4-6-23/h2-3,7-10H,4-6H2,1H3,(H,21,24). The minimum atomic E-state index is -0.962. The summed E-state index contributed by atoms with van der Waals surface area (Å²) in [5, 5.41) is 6.20. The molecule has 0 aliphatic carbocycles. The number of hydrogen-bond acceptors (Lipinski definition) is 3. The molecule has 1 aromatic heterocycles. The topological polar surface area (TPSA) is 67.2 Å². The molecule has 1 N–H and O–H groups in total. The molecular weight excluding hydrogens is 330 g/mol. The Morgan fingerprint density at radius 1 is 1.20 bits per heavy atom. The second-order valence-electron chi connectivity index (χ2n) is 5.68. The molecule has 0 atom stereocenters. The maximum Gasteiger partial charge on any atom is 0.258 e. The van der Waals surface area contributed by atoms with Crippen molar-refractivity contribution in [2.45, 2.75) is 6.42 Å². The number of anilines is 1. The molecule has 8 heteroatoms. The van der Waals surface area contributed by atoms with Gasteiger partial charge in [-0.15, -0.1) is 0 Å². The molecule has 25 heavy (non-hydrogen) atoms. The highest BCUT2D eigenvalue weighted by Gasteiger charge is 2.22. The third kappa shape index (κ3) is 3.57. The summed E-state index contributed by atoms with van der Waals surface area (Å²) in [5.74, 6) is -3.06. The van der Waals surface area contributed by atoms with Crippen molar-refractivity contribution in [2.24, 2.45) is 7.05 Å². The average Bonchev–Trinajstić information content (AvgIpc) is 3.04. The molecule has 2 aromatic rings. The molecule has 1 aliphatic heterocycles. The number of hydrogen-bond donors (Lipinski definition) is 1. The lowest BCUT2D eigenvalue weighted by Crippen LogP contribution is -2.34. The zero-order valence-electron chi connectivity index (χ0n) is 13.5. The second kappa shape index (κ2) is 6.84. The zero-order chi connectivity index (χ0) is 18.0. The Bertz CT molecular complexity index is 860. The Labute approximate surface area is 142 Å². The van der Waals surface area contributed by atoms with Gasteiger partial charge in [0.05, 0.1) is 23.0 Å². The van der Waals surface area contributed by atoms with E-state index in [9.17, 15) is 18.4 Å². The number of halogens is 2. The highest BCUT2D eigenvalue weighted by atomic mass is 19.1. The first-order chi connectivity index (χ1) is 12.0. The van der Waals surface area contributed by atoms with E-state index >= 15 is 0 Å². The van der Waals surface area contributed by atoms with Crippen LogP contribution in [0.1, 0.15) is 27.1 Å². The Morgan fingerprint density at radius 3 is 2.64 bits per heavy atom. The van der Waals surface area contributed by atoms with Gasteiger partial charge < -0.3 is 10.2 Å². The maximum absolute atomic E-state index is 14.1. The molecule has 0 radical (unpaired) electrons. The predicted molar refractivity (Wildman–Crippen MR) is 87.2 cm³/mol. The highest BCUT2D eigenvalue weighted by molar-refractivity contribution is 6.05. The van der Waals surface area contributed by atoms with Gasteiger partial charge in [-0.25, -0.2) is 8.78 Å². The third-order valence-corrected chi connectivity index (χ3v) is 3.85. The van der Waals surface area contributed by atoms with Gasteiger partial charge in [0.25, 0.3) is 11.8 Å². The predicted octanol–water partition coefficient (Wildman–Crippen LogP) is 2.35. The summed E-state index contributed by atoms with van der Waals surface area (Å²) < 4.78 is 29.5. The van der Waals surface area contributed by atoms with Gasteiger partial charge in [-0.3, -0.25) is 14.3 Å².